The minimum absolute atomic E-state index is 0.530. The van der Waals surface area contributed by atoms with E-state index in [1.54, 1.807) is 0 Å². The van der Waals surface area contributed by atoms with Crippen molar-refractivity contribution in [3.05, 3.63) is 66.2 Å². The summed E-state index contributed by atoms with van der Waals surface area (Å²) in [7, 11) is 0. The van der Waals surface area contributed by atoms with Gasteiger partial charge in [-0.25, -0.2) is 0 Å². The Morgan fingerprint density at radius 3 is 1.93 bits per heavy atom. The first-order valence-electron chi connectivity index (χ1n) is 5.13. The van der Waals surface area contributed by atoms with Crippen molar-refractivity contribution in [1.82, 2.24) is 0 Å². The summed E-state index contributed by atoms with van der Waals surface area (Å²) in [6.07, 6.45) is 0. The van der Waals surface area contributed by atoms with Crippen molar-refractivity contribution in [2.45, 2.75) is 11.7 Å². The van der Waals surface area contributed by atoms with E-state index in [0.29, 0.717) is 19.8 Å². The van der Waals surface area contributed by atoms with E-state index in [1.165, 1.54) is 10.0 Å². The van der Waals surface area contributed by atoms with Crippen molar-refractivity contribution in [2.75, 3.05) is 0 Å². The maximum absolute atomic E-state index is 2.31. The summed E-state index contributed by atoms with van der Waals surface area (Å²) in [5, 5.41) is 0. The molecule has 0 nitrogen and oxygen atoms in total. The van der Waals surface area contributed by atoms with E-state index < -0.39 is 0 Å². The van der Waals surface area contributed by atoms with Crippen molar-refractivity contribution in [3.8, 4) is 0 Å². The molecule has 0 aromatic heterocycles. The summed E-state index contributed by atoms with van der Waals surface area (Å²) in [4.78, 5) is 0.654. The van der Waals surface area contributed by atoms with Gasteiger partial charge in [-0.1, -0.05) is 0 Å². The fraction of sp³-hybridized carbons (Fsp3) is 0.143. The van der Waals surface area contributed by atoms with Gasteiger partial charge in [-0.05, 0) is 0 Å². The van der Waals surface area contributed by atoms with E-state index in [9.17, 15) is 0 Å². The van der Waals surface area contributed by atoms with Crippen LogP contribution in [0.5, 0.6) is 0 Å². The van der Waals surface area contributed by atoms with Crippen LogP contribution in [0.25, 0.3) is 0 Å². The van der Waals surface area contributed by atoms with E-state index in [4.69, 9.17) is 0 Å². The molecule has 0 aliphatic heterocycles. The van der Waals surface area contributed by atoms with Gasteiger partial charge in [0.1, 0.15) is 0 Å². The molecule has 0 spiro atoms. The Balaban J connectivity index is 2.08. The number of rotatable bonds is 3. The fourth-order valence-electron chi connectivity index (χ4n) is 1.50. The second-order valence-electron chi connectivity index (χ2n) is 3.48. The molecule has 1 heteroatoms. The second kappa shape index (κ2) is 5.16. The Morgan fingerprint density at radius 1 is 0.800 bits per heavy atom. The summed E-state index contributed by atoms with van der Waals surface area (Å²) < 4.78 is 1.47. The molecule has 1 atom stereocenters. The summed E-state index contributed by atoms with van der Waals surface area (Å²) in [6.45, 7) is 2.31. The molecule has 2 aromatic rings. The van der Waals surface area contributed by atoms with Crippen LogP contribution in [0.2, 0.25) is 0 Å². The van der Waals surface area contributed by atoms with Crippen LogP contribution in [-0.2, 0) is 0 Å². The first-order chi connectivity index (χ1) is 7.36. The molecule has 0 heterocycles. The normalized spacial score (nSPS) is 12.3. The molecule has 0 amide bonds. The zero-order chi connectivity index (χ0) is 10.5. The molecule has 15 heavy (non-hydrogen) atoms. The first kappa shape index (κ1) is 10.5. The van der Waals surface area contributed by atoms with Crippen LogP contribution in [0, 0.1) is 0 Å². The van der Waals surface area contributed by atoms with Crippen LogP contribution < -0.4 is 4.46 Å². The Labute approximate surface area is 97.5 Å². The van der Waals surface area contributed by atoms with Crippen LogP contribution in [0.15, 0.2) is 60.7 Å². The third kappa shape index (κ3) is 2.95. The summed E-state index contributed by atoms with van der Waals surface area (Å²) in [5.74, 6) is 0. The van der Waals surface area contributed by atoms with Gasteiger partial charge in [-0.3, -0.25) is 0 Å². The van der Waals surface area contributed by atoms with E-state index in [0.717, 1.165) is 0 Å². The van der Waals surface area contributed by atoms with Crippen LogP contribution >= 0.6 is 0 Å². The van der Waals surface area contributed by atoms with Crippen molar-refractivity contribution >= 4 is 19.4 Å². The van der Waals surface area contributed by atoms with Crippen molar-refractivity contribution < 1.29 is 0 Å². The Kier molecular flexibility index (Phi) is 3.60. The molecule has 0 aliphatic carbocycles. The predicted octanol–water partition coefficient (Wildman–Crippen LogP) is 2.78. The number of benzene rings is 2. The van der Waals surface area contributed by atoms with Gasteiger partial charge in [0.25, 0.3) is 0 Å². The van der Waals surface area contributed by atoms with Gasteiger partial charge < -0.3 is 0 Å². The monoisotopic (exact) mass is 262 g/mol. The number of hydrogen-bond donors (Lipinski definition) is 0. The average molecular weight is 261 g/mol. The molecule has 0 saturated heterocycles. The van der Waals surface area contributed by atoms with E-state index in [1.807, 2.05) is 0 Å². The summed E-state index contributed by atoms with van der Waals surface area (Å²) >= 11 is 0.530. The standard InChI is InChI=1S/C14H14Se/c1-12(13-8-4-2-5-9-13)15-14-10-6-3-7-11-14/h2-12H,1H3/t12-/m0/s1. The molecule has 0 N–H and O–H groups in total. The fourth-order valence-corrected chi connectivity index (χ4v) is 3.63. The second-order valence-corrected chi connectivity index (χ2v) is 6.45. The van der Waals surface area contributed by atoms with Gasteiger partial charge >= 0.3 is 97.4 Å². The Morgan fingerprint density at radius 2 is 1.33 bits per heavy atom. The summed E-state index contributed by atoms with van der Waals surface area (Å²) in [5.41, 5.74) is 1.45. The average Bonchev–Trinajstić information content (AvgIpc) is 2.31. The van der Waals surface area contributed by atoms with Gasteiger partial charge in [0.2, 0.25) is 0 Å². The van der Waals surface area contributed by atoms with Crippen molar-refractivity contribution in [1.29, 1.82) is 0 Å². The van der Waals surface area contributed by atoms with Crippen molar-refractivity contribution in [3.63, 3.8) is 0 Å². The van der Waals surface area contributed by atoms with Gasteiger partial charge in [0.05, 0.1) is 0 Å². The molecule has 0 saturated carbocycles. The predicted molar refractivity (Wildman–Crippen MR) is 66.7 cm³/mol. The third-order valence-corrected chi connectivity index (χ3v) is 4.78. The molecule has 0 radical (unpaired) electrons. The molecule has 0 bridgehead atoms. The Bertz CT molecular complexity index is 394. The third-order valence-electron chi connectivity index (χ3n) is 2.33. The molecular weight excluding hydrogens is 247 g/mol. The van der Waals surface area contributed by atoms with Crippen LogP contribution in [0.4, 0.5) is 0 Å². The van der Waals surface area contributed by atoms with Gasteiger partial charge in [-0.2, -0.15) is 0 Å². The van der Waals surface area contributed by atoms with E-state index >= 15 is 0 Å². The molecule has 0 unspecified atom stereocenters. The van der Waals surface area contributed by atoms with Gasteiger partial charge in [0.15, 0.2) is 0 Å². The topological polar surface area (TPSA) is 0 Å². The molecule has 0 aliphatic rings. The molecule has 76 valence electrons. The van der Waals surface area contributed by atoms with Crippen molar-refractivity contribution in [2.24, 2.45) is 0 Å². The van der Waals surface area contributed by atoms with Crippen LogP contribution in [0.1, 0.15) is 17.3 Å². The van der Waals surface area contributed by atoms with Crippen LogP contribution in [0.3, 0.4) is 0 Å². The van der Waals surface area contributed by atoms with Gasteiger partial charge in [0, 0.05) is 0 Å². The molecule has 2 rings (SSSR count). The van der Waals surface area contributed by atoms with Gasteiger partial charge in [-0.15, -0.1) is 0 Å². The number of hydrogen-bond acceptors (Lipinski definition) is 0. The SMILES string of the molecule is C[C@H]([Se]c1ccccc1)c1ccccc1. The Hall–Kier alpha value is -1.04. The molecule has 2 aromatic carbocycles. The van der Waals surface area contributed by atoms with Crippen LogP contribution in [-0.4, -0.2) is 15.0 Å². The minimum atomic E-state index is 0.530. The van der Waals surface area contributed by atoms with E-state index in [-0.39, 0.29) is 0 Å². The quantitative estimate of drug-likeness (QED) is 0.745. The first-order valence-corrected chi connectivity index (χ1v) is 6.97. The summed E-state index contributed by atoms with van der Waals surface area (Å²) in [6, 6.07) is 21.5. The molecule has 0 fully saturated rings. The van der Waals surface area contributed by atoms with E-state index in [2.05, 4.69) is 67.6 Å². The zero-order valence-corrected chi connectivity index (χ0v) is 10.5. The zero-order valence-electron chi connectivity index (χ0n) is 8.76. The maximum atomic E-state index is 2.31. The molecular formula is C14H14Se.